The molecule has 102 valence electrons. The first-order valence-corrected chi connectivity index (χ1v) is 7.14. The molecule has 0 aromatic heterocycles. The van der Waals surface area contributed by atoms with Crippen molar-refractivity contribution in [2.45, 2.75) is 20.3 Å². The van der Waals surface area contributed by atoms with Gasteiger partial charge in [0.25, 0.3) is 0 Å². The second-order valence-electron chi connectivity index (χ2n) is 4.43. The summed E-state index contributed by atoms with van der Waals surface area (Å²) in [6, 6.07) is 10.3. The minimum atomic E-state index is 0.619. The van der Waals surface area contributed by atoms with E-state index in [4.69, 9.17) is 21.1 Å². The van der Waals surface area contributed by atoms with E-state index in [2.05, 4.69) is 25.1 Å². The van der Waals surface area contributed by atoms with E-state index in [0.29, 0.717) is 19.1 Å². The van der Waals surface area contributed by atoms with Crippen molar-refractivity contribution < 1.29 is 9.47 Å². The van der Waals surface area contributed by atoms with Gasteiger partial charge in [-0.05, 0) is 38.5 Å². The van der Waals surface area contributed by atoms with Crippen LogP contribution in [0.25, 0.3) is 10.8 Å². The van der Waals surface area contributed by atoms with Gasteiger partial charge in [-0.25, -0.2) is 0 Å². The van der Waals surface area contributed by atoms with E-state index in [0.717, 1.165) is 28.7 Å². The van der Waals surface area contributed by atoms with Crippen LogP contribution < -0.4 is 9.47 Å². The second kappa shape index (κ2) is 6.67. The standard InChI is InChI=1S/C16H19ClO2/c1-3-18-15-7-8-16(19-10-4-9-17)14-11-12(2)5-6-13(14)15/h5-8,11H,3-4,9-10H2,1-2H3. The summed E-state index contributed by atoms with van der Waals surface area (Å²) in [6.07, 6.45) is 0.849. The first-order chi connectivity index (χ1) is 9.26. The first kappa shape index (κ1) is 14.0. The fourth-order valence-electron chi connectivity index (χ4n) is 2.05. The van der Waals surface area contributed by atoms with Crippen LogP contribution in [0.4, 0.5) is 0 Å². The van der Waals surface area contributed by atoms with Crippen LogP contribution >= 0.6 is 11.6 Å². The van der Waals surface area contributed by atoms with Crippen LogP contribution in [0.2, 0.25) is 0 Å². The number of halogens is 1. The van der Waals surface area contributed by atoms with Gasteiger partial charge in [-0.1, -0.05) is 17.7 Å². The van der Waals surface area contributed by atoms with Crippen molar-refractivity contribution in [2.24, 2.45) is 0 Å². The van der Waals surface area contributed by atoms with Crippen molar-refractivity contribution in [3.8, 4) is 11.5 Å². The number of rotatable bonds is 6. The summed E-state index contributed by atoms with van der Waals surface area (Å²) in [5.74, 6) is 2.42. The van der Waals surface area contributed by atoms with Gasteiger partial charge >= 0.3 is 0 Å². The zero-order valence-corrected chi connectivity index (χ0v) is 12.2. The Morgan fingerprint density at radius 3 is 2.42 bits per heavy atom. The summed E-state index contributed by atoms with van der Waals surface area (Å²) in [5, 5.41) is 2.19. The lowest BCUT2D eigenvalue weighted by Crippen LogP contribution is -1.99. The lowest BCUT2D eigenvalue weighted by Gasteiger charge is -2.13. The molecule has 2 rings (SSSR count). The average molecular weight is 279 g/mol. The molecule has 0 aliphatic heterocycles. The molecule has 0 radical (unpaired) electrons. The topological polar surface area (TPSA) is 18.5 Å². The Morgan fingerprint density at radius 1 is 1.00 bits per heavy atom. The van der Waals surface area contributed by atoms with Gasteiger partial charge in [-0.3, -0.25) is 0 Å². The fourth-order valence-corrected chi connectivity index (χ4v) is 2.16. The van der Waals surface area contributed by atoms with Crippen molar-refractivity contribution in [3.05, 3.63) is 35.9 Å². The van der Waals surface area contributed by atoms with E-state index >= 15 is 0 Å². The molecule has 0 heterocycles. The molecular weight excluding hydrogens is 260 g/mol. The Morgan fingerprint density at radius 2 is 1.74 bits per heavy atom. The Labute approximate surface area is 119 Å². The molecule has 2 nitrogen and oxygen atoms in total. The quantitative estimate of drug-likeness (QED) is 0.570. The molecule has 0 atom stereocenters. The first-order valence-electron chi connectivity index (χ1n) is 6.61. The second-order valence-corrected chi connectivity index (χ2v) is 4.81. The van der Waals surface area contributed by atoms with Gasteiger partial charge in [0.2, 0.25) is 0 Å². The molecule has 0 bridgehead atoms. The molecule has 0 fully saturated rings. The highest BCUT2D eigenvalue weighted by Crippen LogP contribution is 2.34. The monoisotopic (exact) mass is 278 g/mol. The van der Waals surface area contributed by atoms with Gasteiger partial charge in [-0.15, -0.1) is 11.6 Å². The third-order valence-corrected chi connectivity index (χ3v) is 3.19. The molecule has 0 unspecified atom stereocenters. The summed E-state index contributed by atoms with van der Waals surface area (Å²) < 4.78 is 11.5. The predicted molar refractivity (Wildman–Crippen MR) is 80.7 cm³/mol. The van der Waals surface area contributed by atoms with Crippen molar-refractivity contribution in [3.63, 3.8) is 0 Å². The van der Waals surface area contributed by atoms with Gasteiger partial charge in [-0.2, -0.15) is 0 Å². The van der Waals surface area contributed by atoms with E-state index in [1.807, 2.05) is 19.1 Å². The minimum absolute atomic E-state index is 0.619. The highest BCUT2D eigenvalue weighted by molar-refractivity contribution is 6.17. The Balaban J connectivity index is 2.41. The molecule has 0 amide bonds. The van der Waals surface area contributed by atoms with Gasteiger partial charge in [0.15, 0.2) is 0 Å². The lowest BCUT2D eigenvalue weighted by molar-refractivity contribution is 0.320. The van der Waals surface area contributed by atoms with E-state index in [1.54, 1.807) is 0 Å². The fraction of sp³-hybridized carbons (Fsp3) is 0.375. The van der Waals surface area contributed by atoms with E-state index < -0.39 is 0 Å². The van der Waals surface area contributed by atoms with Crippen molar-refractivity contribution in [2.75, 3.05) is 19.1 Å². The smallest absolute Gasteiger partial charge is 0.127 e. The van der Waals surface area contributed by atoms with Crippen LogP contribution in [0.3, 0.4) is 0 Å². The normalized spacial score (nSPS) is 10.7. The molecule has 0 N–H and O–H groups in total. The minimum Gasteiger partial charge on any atom is -0.493 e. The summed E-state index contributed by atoms with van der Waals surface area (Å²) in [7, 11) is 0. The number of hydrogen-bond acceptors (Lipinski definition) is 2. The molecule has 3 heteroatoms. The molecule has 0 spiro atoms. The molecule has 2 aromatic rings. The maximum absolute atomic E-state index is 5.81. The summed E-state index contributed by atoms with van der Waals surface area (Å²) >= 11 is 5.68. The number of aryl methyl sites for hydroxylation is 1. The maximum atomic E-state index is 5.81. The zero-order valence-electron chi connectivity index (χ0n) is 11.4. The number of alkyl halides is 1. The van der Waals surface area contributed by atoms with Gasteiger partial charge in [0.1, 0.15) is 11.5 Å². The van der Waals surface area contributed by atoms with E-state index in [1.165, 1.54) is 5.56 Å². The molecule has 0 aliphatic rings. The number of benzene rings is 2. The third-order valence-electron chi connectivity index (χ3n) is 2.93. The Bertz CT molecular complexity index is 552. The lowest BCUT2D eigenvalue weighted by atomic mass is 10.1. The van der Waals surface area contributed by atoms with Crippen LogP contribution in [0.15, 0.2) is 30.3 Å². The van der Waals surface area contributed by atoms with Gasteiger partial charge in [0.05, 0.1) is 13.2 Å². The van der Waals surface area contributed by atoms with Crippen LogP contribution in [0, 0.1) is 6.92 Å². The van der Waals surface area contributed by atoms with E-state index in [-0.39, 0.29) is 0 Å². The highest BCUT2D eigenvalue weighted by Gasteiger charge is 2.08. The number of fused-ring (bicyclic) bond motifs is 1. The van der Waals surface area contributed by atoms with Crippen molar-refractivity contribution in [1.82, 2.24) is 0 Å². The SMILES string of the molecule is CCOc1ccc(OCCCCl)c2cc(C)ccc12. The van der Waals surface area contributed by atoms with Crippen molar-refractivity contribution >= 4 is 22.4 Å². The highest BCUT2D eigenvalue weighted by atomic mass is 35.5. The predicted octanol–water partition coefficient (Wildman–Crippen LogP) is 4.55. The van der Waals surface area contributed by atoms with Crippen LogP contribution in [-0.2, 0) is 0 Å². The third kappa shape index (κ3) is 3.32. The molecule has 0 saturated heterocycles. The summed E-state index contributed by atoms with van der Waals surface area (Å²) in [6.45, 7) is 5.37. The van der Waals surface area contributed by atoms with Crippen molar-refractivity contribution in [1.29, 1.82) is 0 Å². The molecule has 19 heavy (non-hydrogen) atoms. The zero-order chi connectivity index (χ0) is 13.7. The Hall–Kier alpha value is -1.41. The van der Waals surface area contributed by atoms with E-state index in [9.17, 15) is 0 Å². The Kier molecular flexibility index (Phi) is 4.92. The largest absolute Gasteiger partial charge is 0.493 e. The molecular formula is C16H19ClO2. The van der Waals surface area contributed by atoms with Crippen LogP contribution in [-0.4, -0.2) is 19.1 Å². The van der Waals surface area contributed by atoms with Gasteiger partial charge < -0.3 is 9.47 Å². The number of ether oxygens (including phenoxy) is 2. The summed E-state index contributed by atoms with van der Waals surface area (Å²) in [5.41, 5.74) is 1.21. The molecule has 0 saturated carbocycles. The molecule has 2 aromatic carbocycles. The van der Waals surface area contributed by atoms with Gasteiger partial charge in [0, 0.05) is 16.7 Å². The molecule has 0 aliphatic carbocycles. The summed E-state index contributed by atoms with van der Waals surface area (Å²) in [4.78, 5) is 0. The maximum Gasteiger partial charge on any atom is 0.127 e. The van der Waals surface area contributed by atoms with Crippen LogP contribution in [0.5, 0.6) is 11.5 Å². The number of hydrogen-bond donors (Lipinski definition) is 0. The van der Waals surface area contributed by atoms with Crippen LogP contribution in [0.1, 0.15) is 18.9 Å². The average Bonchev–Trinajstić information content (AvgIpc) is 2.41.